The lowest BCUT2D eigenvalue weighted by atomic mass is 10.2. The van der Waals surface area contributed by atoms with Gasteiger partial charge in [0, 0.05) is 20.1 Å². The van der Waals surface area contributed by atoms with Gasteiger partial charge in [-0.05, 0) is 26.8 Å². The standard InChI is InChI=1S/C16H22N4O2S/c1-6-20(9-11(2)3)14(21)10-23-16-18-17-15(19(16)5)13-7-8-22-12(13)4/h7-8H,2,6,9-10H2,1,3-5H3. The number of carbonyl (C=O) groups excluding carboxylic acids is 1. The SMILES string of the molecule is C=C(C)CN(CC)C(=O)CSc1nnc(-c2ccoc2C)n1C. The molecule has 1 amide bonds. The molecule has 0 aliphatic rings. The van der Waals surface area contributed by atoms with Crippen LogP contribution in [0.4, 0.5) is 0 Å². The number of furan rings is 1. The van der Waals surface area contributed by atoms with Gasteiger partial charge in [0.15, 0.2) is 11.0 Å². The highest BCUT2D eigenvalue weighted by molar-refractivity contribution is 7.99. The Hall–Kier alpha value is -2.02. The minimum Gasteiger partial charge on any atom is -0.469 e. The molecule has 0 saturated carbocycles. The van der Waals surface area contributed by atoms with Crippen LogP contribution in [0.1, 0.15) is 19.6 Å². The predicted octanol–water partition coefficient (Wildman–Crippen LogP) is 2.90. The van der Waals surface area contributed by atoms with Gasteiger partial charge < -0.3 is 13.9 Å². The zero-order valence-electron chi connectivity index (χ0n) is 14.0. The molecule has 0 atom stereocenters. The molecule has 0 unspecified atom stereocenters. The van der Waals surface area contributed by atoms with Crippen LogP contribution >= 0.6 is 11.8 Å². The third-order valence-electron chi connectivity index (χ3n) is 3.45. The number of rotatable bonds is 7. The van der Waals surface area contributed by atoms with Crippen LogP contribution in [-0.4, -0.2) is 44.4 Å². The summed E-state index contributed by atoms with van der Waals surface area (Å²) in [6.45, 7) is 10.9. The highest BCUT2D eigenvalue weighted by atomic mass is 32.2. The van der Waals surface area contributed by atoms with Crippen LogP contribution in [0.25, 0.3) is 11.4 Å². The van der Waals surface area contributed by atoms with Crippen molar-refractivity contribution >= 4 is 17.7 Å². The number of likely N-dealkylation sites (N-methyl/N-ethyl adjacent to an activating group) is 1. The molecular weight excluding hydrogens is 312 g/mol. The highest BCUT2D eigenvalue weighted by Gasteiger charge is 2.17. The van der Waals surface area contributed by atoms with Crippen molar-refractivity contribution in [2.24, 2.45) is 7.05 Å². The molecular formula is C16H22N4O2S. The van der Waals surface area contributed by atoms with E-state index in [1.54, 1.807) is 11.2 Å². The number of hydrogen-bond acceptors (Lipinski definition) is 5. The third kappa shape index (κ3) is 4.04. The molecule has 0 aliphatic heterocycles. The summed E-state index contributed by atoms with van der Waals surface area (Å²) in [5.41, 5.74) is 1.89. The van der Waals surface area contributed by atoms with E-state index in [9.17, 15) is 4.79 Å². The fourth-order valence-corrected chi connectivity index (χ4v) is 3.03. The fraction of sp³-hybridized carbons (Fsp3) is 0.438. The third-order valence-corrected chi connectivity index (χ3v) is 4.46. The van der Waals surface area contributed by atoms with Gasteiger partial charge in [-0.25, -0.2) is 0 Å². The van der Waals surface area contributed by atoms with Crippen molar-refractivity contribution in [2.45, 2.75) is 25.9 Å². The number of aryl methyl sites for hydroxylation is 1. The van der Waals surface area contributed by atoms with Gasteiger partial charge in [-0.1, -0.05) is 23.9 Å². The number of hydrogen-bond donors (Lipinski definition) is 0. The van der Waals surface area contributed by atoms with E-state index in [1.807, 2.05) is 38.5 Å². The van der Waals surface area contributed by atoms with Crippen LogP contribution in [0, 0.1) is 6.92 Å². The van der Waals surface area contributed by atoms with E-state index in [4.69, 9.17) is 4.42 Å². The molecule has 2 aromatic heterocycles. The predicted molar refractivity (Wildman–Crippen MR) is 91.2 cm³/mol. The van der Waals surface area contributed by atoms with Gasteiger partial charge in [-0.15, -0.1) is 10.2 Å². The summed E-state index contributed by atoms with van der Waals surface area (Å²) in [4.78, 5) is 14.1. The summed E-state index contributed by atoms with van der Waals surface area (Å²) < 4.78 is 7.19. The monoisotopic (exact) mass is 334 g/mol. The summed E-state index contributed by atoms with van der Waals surface area (Å²) >= 11 is 1.39. The molecule has 23 heavy (non-hydrogen) atoms. The molecule has 0 radical (unpaired) electrons. The minimum atomic E-state index is 0.0736. The molecule has 0 fully saturated rings. The maximum Gasteiger partial charge on any atom is 0.233 e. The Labute approximate surface area is 140 Å². The van der Waals surface area contributed by atoms with Crippen LogP contribution in [0.3, 0.4) is 0 Å². The molecule has 2 aromatic rings. The molecule has 124 valence electrons. The Morgan fingerprint density at radius 1 is 1.48 bits per heavy atom. The second-order valence-electron chi connectivity index (χ2n) is 5.41. The van der Waals surface area contributed by atoms with E-state index in [1.165, 1.54) is 11.8 Å². The average molecular weight is 334 g/mol. The van der Waals surface area contributed by atoms with E-state index in [2.05, 4.69) is 16.8 Å². The highest BCUT2D eigenvalue weighted by Crippen LogP contribution is 2.25. The summed E-state index contributed by atoms with van der Waals surface area (Å²) in [5.74, 6) is 1.94. The van der Waals surface area contributed by atoms with Gasteiger partial charge in [0.05, 0.1) is 17.6 Å². The largest absolute Gasteiger partial charge is 0.469 e. The van der Waals surface area contributed by atoms with Crippen LogP contribution in [0.5, 0.6) is 0 Å². The van der Waals surface area contributed by atoms with Crippen LogP contribution in [0.2, 0.25) is 0 Å². The molecule has 0 bridgehead atoms. The van der Waals surface area contributed by atoms with Gasteiger partial charge >= 0.3 is 0 Å². The number of carbonyl (C=O) groups is 1. The van der Waals surface area contributed by atoms with Crippen molar-refractivity contribution in [1.82, 2.24) is 19.7 Å². The van der Waals surface area contributed by atoms with Crippen molar-refractivity contribution in [3.8, 4) is 11.4 Å². The first-order valence-electron chi connectivity index (χ1n) is 7.42. The lowest BCUT2D eigenvalue weighted by molar-refractivity contribution is -0.127. The molecule has 7 heteroatoms. The lowest BCUT2D eigenvalue weighted by Gasteiger charge is -2.20. The van der Waals surface area contributed by atoms with E-state index in [-0.39, 0.29) is 5.91 Å². The fourth-order valence-electron chi connectivity index (χ4n) is 2.21. The Morgan fingerprint density at radius 3 is 2.78 bits per heavy atom. The van der Waals surface area contributed by atoms with E-state index in [0.29, 0.717) is 24.0 Å². The van der Waals surface area contributed by atoms with Gasteiger partial charge in [-0.2, -0.15) is 0 Å². The number of aromatic nitrogens is 3. The summed E-state index contributed by atoms with van der Waals surface area (Å²) in [7, 11) is 1.89. The first-order valence-corrected chi connectivity index (χ1v) is 8.41. The molecule has 0 aromatic carbocycles. The van der Waals surface area contributed by atoms with Gasteiger partial charge in [0.1, 0.15) is 5.76 Å². The van der Waals surface area contributed by atoms with Crippen molar-refractivity contribution in [3.63, 3.8) is 0 Å². The van der Waals surface area contributed by atoms with Gasteiger partial charge in [-0.3, -0.25) is 4.79 Å². The summed E-state index contributed by atoms with van der Waals surface area (Å²) in [6, 6.07) is 1.87. The van der Waals surface area contributed by atoms with Crippen molar-refractivity contribution in [3.05, 3.63) is 30.2 Å². The number of nitrogens with zero attached hydrogens (tertiary/aromatic N) is 4. The summed E-state index contributed by atoms with van der Waals surface area (Å²) in [5, 5.41) is 9.09. The second kappa shape index (κ2) is 7.50. The van der Waals surface area contributed by atoms with Crippen LogP contribution in [0.15, 0.2) is 34.1 Å². The minimum absolute atomic E-state index is 0.0736. The molecule has 2 rings (SSSR count). The smallest absolute Gasteiger partial charge is 0.233 e. The number of thioether (sulfide) groups is 1. The first kappa shape index (κ1) is 17.3. The first-order chi connectivity index (χ1) is 10.9. The second-order valence-corrected chi connectivity index (χ2v) is 6.35. The molecule has 0 aliphatic carbocycles. The van der Waals surface area contributed by atoms with E-state index in [0.717, 1.165) is 22.7 Å². The molecule has 2 heterocycles. The summed E-state index contributed by atoms with van der Waals surface area (Å²) in [6.07, 6.45) is 1.63. The maximum atomic E-state index is 12.3. The Balaban J connectivity index is 2.04. The lowest BCUT2D eigenvalue weighted by Crippen LogP contribution is -2.33. The van der Waals surface area contributed by atoms with Crippen LogP contribution in [-0.2, 0) is 11.8 Å². The van der Waals surface area contributed by atoms with Gasteiger partial charge in [0.25, 0.3) is 0 Å². The van der Waals surface area contributed by atoms with E-state index < -0.39 is 0 Å². The van der Waals surface area contributed by atoms with Crippen molar-refractivity contribution in [2.75, 3.05) is 18.8 Å². The average Bonchev–Trinajstić information content (AvgIpc) is 3.08. The Kier molecular flexibility index (Phi) is 5.65. The van der Waals surface area contributed by atoms with Crippen LogP contribution < -0.4 is 0 Å². The Bertz CT molecular complexity index is 705. The van der Waals surface area contributed by atoms with E-state index >= 15 is 0 Å². The van der Waals surface area contributed by atoms with Gasteiger partial charge in [0.2, 0.25) is 5.91 Å². The topological polar surface area (TPSA) is 64.2 Å². The molecule has 0 spiro atoms. The zero-order chi connectivity index (χ0) is 17.0. The Morgan fingerprint density at radius 2 is 2.22 bits per heavy atom. The maximum absolute atomic E-state index is 12.3. The van der Waals surface area contributed by atoms with Crippen molar-refractivity contribution in [1.29, 1.82) is 0 Å². The quantitative estimate of drug-likeness (QED) is 0.575. The number of amides is 1. The molecule has 6 nitrogen and oxygen atoms in total. The molecule has 0 N–H and O–H groups in total. The molecule has 0 saturated heterocycles. The van der Waals surface area contributed by atoms with Crippen molar-refractivity contribution < 1.29 is 9.21 Å². The zero-order valence-corrected chi connectivity index (χ0v) is 14.8. The normalized spacial score (nSPS) is 10.8.